The van der Waals surface area contributed by atoms with Crippen LogP contribution in [0.25, 0.3) is 11.3 Å². The second kappa shape index (κ2) is 10.9. The lowest BCUT2D eigenvalue weighted by Crippen LogP contribution is -2.42. The number of hydrogen-bond donors (Lipinski definition) is 4. The quantitative estimate of drug-likeness (QED) is 0.295. The van der Waals surface area contributed by atoms with Gasteiger partial charge in [-0.2, -0.15) is 5.10 Å². The third kappa shape index (κ3) is 5.70. The molecule has 0 atom stereocenters. The van der Waals surface area contributed by atoms with Gasteiger partial charge in [-0.05, 0) is 54.1 Å². The van der Waals surface area contributed by atoms with Gasteiger partial charge in [-0.25, -0.2) is 4.39 Å². The van der Waals surface area contributed by atoms with Crippen LogP contribution in [0, 0.1) is 5.82 Å². The number of pyridine rings is 1. The fourth-order valence-corrected chi connectivity index (χ4v) is 3.34. The number of carbonyl (C=O) groups excluding carboxylic acids is 3. The largest absolute Gasteiger partial charge is 0.497 e. The fourth-order valence-electron chi connectivity index (χ4n) is 3.34. The summed E-state index contributed by atoms with van der Waals surface area (Å²) >= 11 is 0. The van der Waals surface area contributed by atoms with Crippen LogP contribution in [0.5, 0.6) is 5.75 Å². The molecule has 0 aliphatic heterocycles. The van der Waals surface area contributed by atoms with Crippen molar-refractivity contribution < 1.29 is 23.5 Å². The number of aromatic amines is 1. The highest BCUT2D eigenvalue weighted by Gasteiger charge is 2.23. The zero-order valence-electron chi connectivity index (χ0n) is 19.0. The van der Waals surface area contributed by atoms with Crippen LogP contribution in [0.1, 0.15) is 26.4 Å². The minimum atomic E-state index is -0.759. The Hall–Kier alpha value is -5.06. The molecule has 10 nitrogen and oxygen atoms in total. The standard InChI is InChI=1S/C25H21FN6O4/c1-36-19-6-2-4-15(12-19)13-20(33)28-22-21(16-7-9-18(26)10-8-16)29-30-23(22)25(35)32-31-24(34)17-5-3-11-27-14-17/h2-12,14H,13H2,1H3,(H,28,33)(H,29,30)(H,31,34)(H,32,35). The Morgan fingerprint density at radius 3 is 2.50 bits per heavy atom. The highest BCUT2D eigenvalue weighted by Crippen LogP contribution is 2.29. The van der Waals surface area contributed by atoms with Crippen molar-refractivity contribution in [3.8, 4) is 17.0 Å². The van der Waals surface area contributed by atoms with Crippen molar-refractivity contribution in [1.29, 1.82) is 0 Å². The number of hydrazine groups is 1. The average Bonchev–Trinajstić information content (AvgIpc) is 3.31. The van der Waals surface area contributed by atoms with E-state index in [0.717, 1.165) is 0 Å². The maximum absolute atomic E-state index is 13.4. The van der Waals surface area contributed by atoms with E-state index in [2.05, 4.69) is 31.3 Å². The van der Waals surface area contributed by atoms with Gasteiger partial charge in [0.25, 0.3) is 11.8 Å². The van der Waals surface area contributed by atoms with E-state index >= 15 is 0 Å². The molecule has 0 unspecified atom stereocenters. The summed E-state index contributed by atoms with van der Waals surface area (Å²) in [6.07, 6.45) is 2.84. The molecule has 0 saturated carbocycles. The van der Waals surface area contributed by atoms with E-state index in [-0.39, 0.29) is 29.1 Å². The van der Waals surface area contributed by atoms with Gasteiger partial charge in [0.15, 0.2) is 0 Å². The van der Waals surface area contributed by atoms with E-state index < -0.39 is 23.5 Å². The third-order valence-electron chi connectivity index (χ3n) is 5.09. The molecule has 36 heavy (non-hydrogen) atoms. The molecule has 4 N–H and O–H groups in total. The number of nitrogens with one attached hydrogen (secondary N) is 4. The molecule has 2 heterocycles. The number of benzene rings is 2. The summed E-state index contributed by atoms with van der Waals surface area (Å²) in [6, 6.07) is 15.5. The molecule has 4 rings (SSSR count). The zero-order valence-corrected chi connectivity index (χ0v) is 19.0. The molecule has 0 bridgehead atoms. The van der Waals surface area contributed by atoms with Crippen molar-refractivity contribution in [2.24, 2.45) is 0 Å². The highest BCUT2D eigenvalue weighted by molar-refractivity contribution is 6.07. The zero-order chi connectivity index (χ0) is 25.5. The van der Waals surface area contributed by atoms with Crippen LogP contribution < -0.4 is 20.9 Å². The lowest BCUT2D eigenvalue weighted by molar-refractivity contribution is -0.115. The number of ether oxygens (including phenoxy) is 1. The van der Waals surface area contributed by atoms with E-state index in [1.165, 1.54) is 49.8 Å². The van der Waals surface area contributed by atoms with Gasteiger partial charge in [-0.15, -0.1) is 0 Å². The normalized spacial score (nSPS) is 10.4. The molecule has 2 aromatic heterocycles. The highest BCUT2D eigenvalue weighted by atomic mass is 19.1. The number of hydrogen-bond acceptors (Lipinski definition) is 6. The summed E-state index contributed by atoms with van der Waals surface area (Å²) < 4.78 is 18.6. The van der Waals surface area contributed by atoms with Crippen molar-refractivity contribution in [1.82, 2.24) is 26.0 Å². The molecule has 0 saturated heterocycles. The number of amides is 3. The van der Waals surface area contributed by atoms with Gasteiger partial charge in [-0.1, -0.05) is 12.1 Å². The number of halogens is 1. The van der Waals surface area contributed by atoms with Crippen LogP contribution in [0.2, 0.25) is 0 Å². The Balaban J connectivity index is 1.57. The minimum Gasteiger partial charge on any atom is -0.497 e. The summed E-state index contributed by atoms with van der Waals surface area (Å²) in [5.41, 5.74) is 6.14. The molecular formula is C25H21FN6O4. The Labute approximate surface area is 204 Å². The molecular weight excluding hydrogens is 467 g/mol. The van der Waals surface area contributed by atoms with E-state index in [1.54, 1.807) is 30.3 Å². The van der Waals surface area contributed by atoms with E-state index in [4.69, 9.17) is 4.74 Å². The first-order valence-corrected chi connectivity index (χ1v) is 10.7. The number of carbonyl (C=O) groups is 3. The molecule has 4 aromatic rings. The summed E-state index contributed by atoms with van der Waals surface area (Å²) in [4.78, 5) is 41.9. The summed E-state index contributed by atoms with van der Waals surface area (Å²) in [5.74, 6) is -1.63. The molecule has 0 aliphatic carbocycles. The minimum absolute atomic E-state index is 0.00988. The van der Waals surface area contributed by atoms with Crippen LogP contribution >= 0.6 is 0 Å². The number of H-pyrrole nitrogens is 1. The van der Waals surface area contributed by atoms with Gasteiger partial charge < -0.3 is 10.1 Å². The topological polar surface area (TPSA) is 138 Å². The Kier molecular flexibility index (Phi) is 7.30. The molecule has 182 valence electrons. The monoisotopic (exact) mass is 488 g/mol. The SMILES string of the molecule is COc1cccc(CC(=O)Nc2c(-c3ccc(F)cc3)n[nH]c2C(=O)NNC(=O)c2cccnc2)c1. The first kappa shape index (κ1) is 24.1. The Bertz CT molecular complexity index is 1390. The van der Waals surface area contributed by atoms with E-state index in [9.17, 15) is 18.8 Å². The van der Waals surface area contributed by atoms with Crippen LogP contribution in [-0.2, 0) is 11.2 Å². The molecule has 0 aliphatic rings. The fraction of sp³-hybridized carbons (Fsp3) is 0.0800. The average molecular weight is 488 g/mol. The van der Waals surface area contributed by atoms with Crippen molar-refractivity contribution in [2.45, 2.75) is 6.42 Å². The van der Waals surface area contributed by atoms with Gasteiger partial charge >= 0.3 is 0 Å². The van der Waals surface area contributed by atoms with Crippen molar-refractivity contribution in [2.75, 3.05) is 12.4 Å². The van der Waals surface area contributed by atoms with Gasteiger partial charge in [0.1, 0.15) is 28.6 Å². The van der Waals surface area contributed by atoms with Crippen LogP contribution in [0.15, 0.2) is 73.1 Å². The predicted molar refractivity (Wildman–Crippen MR) is 128 cm³/mol. The molecule has 3 amide bonds. The van der Waals surface area contributed by atoms with Crippen LogP contribution in [0.3, 0.4) is 0 Å². The maximum atomic E-state index is 13.4. The number of nitrogens with zero attached hydrogens (tertiary/aromatic N) is 2. The second-order valence-electron chi connectivity index (χ2n) is 7.56. The van der Waals surface area contributed by atoms with Gasteiger partial charge in [0.2, 0.25) is 5.91 Å². The van der Waals surface area contributed by atoms with Crippen molar-refractivity contribution in [3.05, 3.63) is 95.7 Å². The smallest absolute Gasteiger partial charge is 0.289 e. The van der Waals surface area contributed by atoms with E-state index in [1.807, 2.05) is 0 Å². The van der Waals surface area contributed by atoms with Gasteiger partial charge in [0, 0.05) is 18.0 Å². The second-order valence-corrected chi connectivity index (χ2v) is 7.56. The molecule has 2 aromatic carbocycles. The van der Waals surface area contributed by atoms with E-state index in [0.29, 0.717) is 16.9 Å². The number of methoxy groups -OCH3 is 1. The molecule has 0 spiro atoms. The molecule has 0 fully saturated rings. The Morgan fingerprint density at radius 1 is 1.00 bits per heavy atom. The first-order chi connectivity index (χ1) is 17.4. The predicted octanol–water partition coefficient (Wildman–Crippen LogP) is 2.88. The summed E-state index contributed by atoms with van der Waals surface area (Å²) in [6.45, 7) is 0. The maximum Gasteiger partial charge on any atom is 0.289 e. The first-order valence-electron chi connectivity index (χ1n) is 10.7. The van der Waals surface area contributed by atoms with Crippen molar-refractivity contribution in [3.63, 3.8) is 0 Å². The molecule has 11 heteroatoms. The number of aromatic nitrogens is 3. The Morgan fingerprint density at radius 2 is 1.78 bits per heavy atom. The lowest BCUT2D eigenvalue weighted by atomic mass is 10.1. The third-order valence-corrected chi connectivity index (χ3v) is 5.09. The van der Waals surface area contributed by atoms with Gasteiger partial charge in [0.05, 0.1) is 19.1 Å². The van der Waals surface area contributed by atoms with Crippen LogP contribution in [-0.4, -0.2) is 40.0 Å². The lowest BCUT2D eigenvalue weighted by Gasteiger charge is -2.10. The summed E-state index contributed by atoms with van der Waals surface area (Å²) in [7, 11) is 1.53. The number of rotatable bonds is 7. The van der Waals surface area contributed by atoms with Crippen LogP contribution in [0.4, 0.5) is 10.1 Å². The number of anilines is 1. The van der Waals surface area contributed by atoms with Crippen molar-refractivity contribution >= 4 is 23.4 Å². The van der Waals surface area contributed by atoms with Gasteiger partial charge in [-0.3, -0.25) is 35.3 Å². The molecule has 0 radical (unpaired) electrons. The summed E-state index contributed by atoms with van der Waals surface area (Å²) in [5, 5.41) is 9.44.